The van der Waals surface area contributed by atoms with E-state index in [1.165, 1.54) is 23.1 Å². The van der Waals surface area contributed by atoms with Crippen LogP contribution in [0.4, 0.5) is 0 Å². The normalized spacial score (nSPS) is 11.8. The molecule has 0 heterocycles. The van der Waals surface area contributed by atoms with Crippen molar-refractivity contribution in [3.05, 3.63) is 34.9 Å². The molecular formula is C13H19Br. The molecule has 0 saturated carbocycles. The van der Waals surface area contributed by atoms with Gasteiger partial charge in [-0.2, -0.15) is 0 Å². The second-order valence-electron chi connectivity index (χ2n) is 4.64. The van der Waals surface area contributed by atoms with Gasteiger partial charge in [-0.1, -0.05) is 53.5 Å². The third-order valence-electron chi connectivity index (χ3n) is 2.84. The van der Waals surface area contributed by atoms with Crippen LogP contribution in [0.15, 0.2) is 18.2 Å². The van der Waals surface area contributed by atoms with Crippen LogP contribution < -0.4 is 0 Å². The topological polar surface area (TPSA) is 0 Å². The SMILES string of the molecule is Cc1ccc(C)c(C(C)(C)CCBr)c1. The molecule has 0 aliphatic rings. The van der Waals surface area contributed by atoms with Crippen LogP contribution in [0.2, 0.25) is 0 Å². The summed E-state index contributed by atoms with van der Waals surface area (Å²) in [6, 6.07) is 6.72. The standard InChI is InChI=1S/C13H19Br/c1-10-5-6-11(2)12(9-10)13(3,4)7-8-14/h5-6,9H,7-8H2,1-4H3. The molecule has 0 radical (unpaired) electrons. The molecule has 0 aliphatic carbocycles. The van der Waals surface area contributed by atoms with E-state index < -0.39 is 0 Å². The summed E-state index contributed by atoms with van der Waals surface area (Å²) < 4.78 is 0. The van der Waals surface area contributed by atoms with Crippen molar-refractivity contribution in [3.8, 4) is 0 Å². The number of alkyl halides is 1. The Morgan fingerprint density at radius 1 is 1.21 bits per heavy atom. The minimum absolute atomic E-state index is 0.277. The van der Waals surface area contributed by atoms with Crippen molar-refractivity contribution >= 4 is 15.9 Å². The maximum Gasteiger partial charge on any atom is 0.00395 e. The van der Waals surface area contributed by atoms with Gasteiger partial charge in [-0.3, -0.25) is 0 Å². The van der Waals surface area contributed by atoms with Crippen molar-refractivity contribution in [2.75, 3.05) is 5.33 Å². The Morgan fingerprint density at radius 3 is 2.43 bits per heavy atom. The Bertz CT molecular complexity index is 313. The molecule has 0 amide bonds. The van der Waals surface area contributed by atoms with Crippen molar-refractivity contribution in [2.24, 2.45) is 0 Å². The molecule has 0 aliphatic heterocycles. The fourth-order valence-corrected chi connectivity index (χ4v) is 2.83. The van der Waals surface area contributed by atoms with Crippen molar-refractivity contribution in [2.45, 2.75) is 39.5 Å². The predicted octanol–water partition coefficient (Wildman–Crippen LogP) is 4.37. The van der Waals surface area contributed by atoms with E-state index in [4.69, 9.17) is 0 Å². The summed E-state index contributed by atoms with van der Waals surface area (Å²) >= 11 is 3.53. The van der Waals surface area contributed by atoms with Gasteiger partial charge >= 0.3 is 0 Å². The number of aryl methyl sites for hydroxylation is 2. The lowest BCUT2D eigenvalue weighted by Gasteiger charge is -2.26. The summed E-state index contributed by atoms with van der Waals surface area (Å²) in [6.45, 7) is 8.99. The van der Waals surface area contributed by atoms with E-state index in [0.717, 1.165) is 5.33 Å². The van der Waals surface area contributed by atoms with Crippen molar-refractivity contribution in [3.63, 3.8) is 0 Å². The first-order valence-corrected chi connectivity index (χ1v) is 6.23. The highest BCUT2D eigenvalue weighted by Crippen LogP contribution is 2.30. The third-order valence-corrected chi connectivity index (χ3v) is 3.24. The number of hydrogen-bond donors (Lipinski definition) is 0. The van der Waals surface area contributed by atoms with Gasteiger partial charge in [0.25, 0.3) is 0 Å². The lowest BCUT2D eigenvalue weighted by atomic mass is 9.79. The van der Waals surface area contributed by atoms with Gasteiger partial charge in [0.05, 0.1) is 0 Å². The van der Waals surface area contributed by atoms with Gasteiger partial charge in [-0.05, 0) is 36.8 Å². The maximum atomic E-state index is 3.53. The fourth-order valence-electron chi connectivity index (χ4n) is 1.84. The first-order chi connectivity index (χ1) is 6.47. The Labute approximate surface area is 95.9 Å². The van der Waals surface area contributed by atoms with E-state index in [-0.39, 0.29) is 5.41 Å². The van der Waals surface area contributed by atoms with Gasteiger partial charge < -0.3 is 0 Å². The molecule has 1 aromatic carbocycles. The van der Waals surface area contributed by atoms with Gasteiger partial charge in [0.15, 0.2) is 0 Å². The second kappa shape index (κ2) is 4.48. The van der Waals surface area contributed by atoms with Crippen LogP contribution in [-0.4, -0.2) is 5.33 Å². The molecule has 1 aromatic rings. The Morgan fingerprint density at radius 2 is 1.86 bits per heavy atom. The second-order valence-corrected chi connectivity index (χ2v) is 5.43. The number of benzene rings is 1. The molecule has 78 valence electrons. The highest BCUT2D eigenvalue weighted by molar-refractivity contribution is 9.09. The zero-order chi connectivity index (χ0) is 10.8. The van der Waals surface area contributed by atoms with Gasteiger partial charge in [-0.25, -0.2) is 0 Å². The molecular weight excluding hydrogens is 236 g/mol. The summed E-state index contributed by atoms with van der Waals surface area (Å²) in [5.41, 5.74) is 4.52. The average molecular weight is 255 g/mol. The Hall–Kier alpha value is -0.300. The van der Waals surface area contributed by atoms with Gasteiger partial charge in [0, 0.05) is 5.33 Å². The Kier molecular flexibility index (Phi) is 3.77. The van der Waals surface area contributed by atoms with Crippen molar-refractivity contribution in [1.82, 2.24) is 0 Å². The van der Waals surface area contributed by atoms with Crippen LogP contribution in [0.1, 0.15) is 37.0 Å². The van der Waals surface area contributed by atoms with Crippen molar-refractivity contribution < 1.29 is 0 Å². The van der Waals surface area contributed by atoms with Gasteiger partial charge in [-0.15, -0.1) is 0 Å². The van der Waals surface area contributed by atoms with E-state index in [2.05, 4.69) is 61.8 Å². The lowest BCUT2D eigenvalue weighted by Crippen LogP contribution is -2.19. The molecule has 1 heteroatoms. The maximum absolute atomic E-state index is 3.53. The highest BCUT2D eigenvalue weighted by atomic mass is 79.9. The fraction of sp³-hybridized carbons (Fsp3) is 0.538. The minimum atomic E-state index is 0.277. The molecule has 0 aromatic heterocycles. The summed E-state index contributed by atoms with van der Waals surface area (Å²) in [4.78, 5) is 0. The first-order valence-electron chi connectivity index (χ1n) is 5.11. The zero-order valence-corrected chi connectivity index (χ0v) is 11.1. The van der Waals surface area contributed by atoms with Crippen molar-refractivity contribution in [1.29, 1.82) is 0 Å². The molecule has 0 unspecified atom stereocenters. The Balaban J connectivity index is 3.10. The molecule has 0 saturated heterocycles. The molecule has 1 rings (SSSR count). The quantitative estimate of drug-likeness (QED) is 0.704. The molecule has 0 bridgehead atoms. The monoisotopic (exact) mass is 254 g/mol. The van der Waals surface area contributed by atoms with E-state index in [1.807, 2.05) is 0 Å². The molecule has 0 atom stereocenters. The summed E-state index contributed by atoms with van der Waals surface area (Å²) in [5.74, 6) is 0. The van der Waals surface area contributed by atoms with E-state index >= 15 is 0 Å². The average Bonchev–Trinajstić information content (AvgIpc) is 2.09. The number of rotatable bonds is 3. The summed E-state index contributed by atoms with van der Waals surface area (Å²) in [6.07, 6.45) is 1.18. The molecule has 0 spiro atoms. The molecule has 0 nitrogen and oxygen atoms in total. The van der Waals surface area contributed by atoms with Crippen LogP contribution in [-0.2, 0) is 5.41 Å². The van der Waals surface area contributed by atoms with Crippen LogP contribution in [0.3, 0.4) is 0 Å². The van der Waals surface area contributed by atoms with Crippen LogP contribution in [0, 0.1) is 13.8 Å². The number of hydrogen-bond acceptors (Lipinski definition) is 0. The highest BCUT2D eigenvalue weighted by Gasteiger charge is 2.21. The largest absolute Gasteiger partial charge is 0.0928 e. The smallest absolute Gasteiger partial charge is 0.00395 e. The minimum Gasteiger partial charge on any atom is -0.0928 e. The van der Waals surface area contributed by atoms with Crippen LogP contribution >= 0.6 is 15.9 Å². The van der Waals surface area contributed by atoms with Gasteiger partial charge in [0.1, 0.15) is 0 Å². The summed E-state index contributed by atoms with van der Waals surface area (Å²) in [5, 5.41) is 1.06. The van der Waals surface area contributed by atoms with Gasteiger partial charge in [0.2, 0.25) is 0 Å². The van der Waals surface area contributed by atoms with E-state index in [9.17, 15) is 0 Å². The molecule has 0 N–H and O–H groups in total. The van der Waals surface area contributed by atoms with E-state index in [0.29, 0.717) is 0 Å². The number of halogens is 1. The van der Waals surface area contributed by atoms with Crippen LogP contribution in [0.5, 0.6) is 0 Å². The van der Waals surface area contributed by atoms with E-state index in [1.54, 1.807) is 0 Å². The molecule has 0 fully saturated rings. The lowest BCUT2D eigenvalue weighted by molar-refractivity contribution is 0.509. The third kappa shape index (κ3) is 2.60. The predicted molar refractivity (Wildman–Crippen MR) is 67.4 cm³/mol. The molecule has 14 heavy (non-hydrogen) atoms. The summed E-state index contributed by atoms with van der Waals surface area (Å²) in [7, 11) is 0. The zero-order valence-electron chi connectivity index (χ0n) is 9.52. The first kappa shape index (κ1) is 11.8. The van der Waals surface area contributed by atoms with Crippen LogP contribution in [0.25, 0.3) is 0 Å².